The van der Waals surface area contributed by atoms with Crippen molar-refractivity contribution < 1.29 is 14.3 Å². The number of likely N-dealkylation sites (tertiary alicyclic amines) is 1. The third-order valence-electron chi connectivity index (χ3n) is 3.94. The Bertz CT molecular complexity index is 702. The van der Waals surface area contributed by atoms with Crippen LogP contribution in [0.4, 0.5) is 5.95 Å². The first kappa shape index (κ1) is 16.0. The zero-order valence-electron chi connectivity index (χ0n) is 13.7. The molecule has 2 aromatic rings. The van der Waals surface area contributed by atoms with E-state index in [1.54, 1.807) is 32.7 Å². The molecule has 1 aliphatic heterocycles. The summed E-state index contributed by atoms with van der Waals surface area (Å²) in [6.45, 7) is 1.31. The van der Waals surface area contributed by atoms with Crippen molar-refractivity contribution in [3.05, 3.63) is 42.2 Å². The predicted molar refractivity (Wildman–Crippen MR) is 89.3 cm³/mol. The number of carbonyl (C=O) groups is 1. The maximum atomic E-state index is 12.3. The molecule has 1 fully saturated rings. The number of methoxy groups -OCH3 is 2. The number of rotatable bonds is 6. The van der Waals surface area contributed by atoms with Gasteiger partial charge in [0, 0.05) is 25.5 Å². The van der Waals surface area contributed by atoms with Crippen molar-refractivity contribution in [1.82, 2.24) is 14.9 Å². The van der Waals surface area contributed by atoms with Crippen molar-refractivity contribution in [2.75, 3.05) is 32.6 Å². The van der Waals surface area contributed by atoms with Gasteiger partial charge < -0.3 is 19.7 Å². The minimum absolute atomic E-state index is 0.0919. The largest absolute Gasteiger partial charge is 0.493 e. The maximum Gasteiger partial charge on any atom is 0.227 e. The molecule has 7 heteroatoms. The Balaban J connectivity index is 1.52. The monoisotopic (exact) mass is 328 g/mol. The van der Waals surface area contributed by atoms with Gasteiger partial charge >= 0.3 is 0 Å². The van der Waals surface area contributed by atoms with Gasteiger partial charge in [-0.25, -0.2) is 9.97 Å². The Morgan fingerprint density at radius 3 is 2.58 bits per heavy atom. The van der Waals surface area contributed by atoms with E-state index >= 15 is 0 Å². The summed E-state index contributed by atoms with van der Waals surface area (Å²) < 4.78 is 10.5. The van der Waals surface area contributed by atoms with Crippen LogP contribution in [0.5, 0.6) is 11.5 Å². The van der Waals surface area contributed by atoms with Gasteiger partial charge in [0.1, 0.15) is 0 Å². The van der Waals surface area contributed by atoms with Crippen LogP contribution in [0.25, 0.3) is 0 Å². The van der Waals surface area contributed by atoms with Gasteiger partial charge in [-0.15, -0.1) is 0 Å². The van der Waals surface area contributed by atoms with E-state index in [0.717, 1.165) is 5.56 Å². The van der Waals surface area contributed by atoms with E-state index in [0.29, 0.717) is 37.0 Å². The zero-order valence-corrected chi connectivity index (χ0v) is 13.7. The number of hydrogen-bond acceptors (Lipinski definition) is 6. The van der Waals surface area contributed by atoms with Crippen molar-refractivity contribution in [3.8, 4) is 11.5 Å². The molecular formula is C17H20N4O3. The zero-order chi connectivity index (χ0) is 16.9. The summed E-state index contributed by atoms with van der Waals surface area (Å²) in [7, 11) is 3.17. The third kappa shape index (κ3) is 3.56. The molecule has 0 spiro atoms. The molecule has 0 atom stereocenters. The highest BCUT2D eigenvalue weighted by Crippen LogP contribution is 2.28. The molecule has 3 rings (SSSR count). The summed E-state index contributed by atoms with van der Waals surface area (Å²) in [6.07, 6.45) is 3.72. The first-order valence-corrected chi connectivity index (χ1v) is 7.72. The van der Waals surface area contributed by atoms with Crippen molar-refractivity contribution in [1.29, 1.82) is 0 Å². The molecule has 126 valence electrons. The molecule has 1 aromatic heterocycles. The van der Waals surface area contributed by atoms with E-state index in [4.69, 9.17) is 9.47 Å². The smallest absolute Gasteiger partial charge is 0.227 e. The van der Waals surface area contributed by atoms with Crippen molar-refractivity contribution in [2.45, 2.75) is 12.5 Å². The number of benzene rings is 1. The Morgan fingerprint density at radius 2 is 1.92 bits per heavy atom. The standard InChI is InChI=1S/C17H20N4O3/c1-23-14-5-4-12(8-15(14)24-2)9-16(22)21-10-13(11-21)20-17-18-6-3-7-19-17/h3-8,13H,9-11H2,1-2H3,(H,18,19,20). The van der Waals surface area contributed by atoms with E-state index in [2.05, 4.69) is 15.3 Å². The highest BCUT2D eigenvalue weighted by molar-refractivity contribution is 5.80. The second kappa shape index (κ2) is 7.16. The Kier molecular flexibility index (Phi) is 4.79. The Labute approximate surface area is 140 Å². The second-order valence-corrected chi connectivity index (χ2v) is 5.58. The van der Waals surface area contributed by atoms with Crippen LogP contribution in [-0.2, 0) is 11.2 Å². The number of aromatic nitrogens is 2. The van der Waals surface area contributed by atoms with Crippen LogP contribution in [0, 0.1) is 0 Å². The number of amides is 1. The molecule has 1 saturated heterocycles. The molecule has 1 aromatic carbocycles. The van der Waals surface area contributed by atoms with Gasteiger partial charge in [-0.3, -0.25) is 4.79 Å². The van der Waals surface area contributed by atoms with E-state index in [9.17, 15) is 4.79 Å². The van der Waals surface area contributed by atoms with Crippen LogP contribution in [0.1, 0.15) is 5.56 Å². The summed E-state index contributed by atoms with van der Waals surface area (Å²) in [5, 5.41) is 3.21. The molecule has 24 heavy (non-hydrogen) atoms. The van der Waals surface area contributed by atoms with Crippen LogP contribution in [0.2, 0.25) is 0 Å². The fourth-order valence-corrected chi connectivity index (χ4v) is 2.61. The summed E-state index contributed by atoms with van der Waals surface area (Å²) in [5.74, 6) is 1.97. The minimum Gasteiger partial charge on any atom is -0.493 e. The van der Waals surface area contributed by atoms with Gasteiger partial charge in [0.2, 0.25) is 11.9 Å². The number of nitrogens with one attached hydrogen (secondary N) is 1. The average Bonchev–Trinajstić information content (AvgIpc) is 2.58. The summed E-state index contributed by atoms with van der Waals surface area (Å²) in [4.78, 5) is 22.4. The SMILES string of the molecule is COc1ccc(CC(=O)N2CC(Nc3ncccn3)C2)cc1OC. The van der Waals surface area contributed by atoms with Gasteiger partial charge in [0.15, 0.2) is 11.5 Å². The number of hydrogen-bond donors (Lipinski definition) is 1. The molecule has 1 amide bonds. The Morgan fingerprint density at radius 1 is 1.21 bits per heavy atom. The molecule has 0 aliphatic carbocycles. The van der Waals surface area contributed by atoms with Crippen molar-refractivity contribution in [2.24, 2.45) is 0 Å². The summed E-state index contributed by atoms with van der Waals surface area (Å²) in [6, 6.07) is 7.50. The molecule has 7 nitrogen and oxygen atoms in total. The lowest BCUT2D eigenvalue weighted by Crippen LogP contribution is -2.57. The number of anilines is 1. The first-order chi connectivity index (χ1) is 11.7. The topological polar surface area (TPSA) is 76.6 Å². The van der Waals surface area contributed by atoms with E-state index < -0.39 is 0 Å². The molecule has 0 bridgehead atoms. The van der Waals surface area contributed by atoms with Gasteiger partial charge in [-0.1, -0.05) is 6.07 Å². The number of carbonyl (C=O) groups excluding carboxylic acids is 1. The quantitative estimate of drug-likeness (QED) is 0.863. The molecule has 0 unspecified atom stereocenters. The molecule has 0 radical (unpaired) electrons. The fourth-order valence-electron chi connectivity index (χ4n) is 2.61. The average molecular weight is 328 g/mol. The highest BCUT2D eigenvalue weighted by atomic mass is 16.5. The molecule has 2 heterocycles. The lowest BCUT2D eigenvalue weighted by molar-refractivity contribution is -0.134. The van der Waals surface area contributed by atoms with E-state index in [1.165, 1.54) is 0 Å². The maximum absolute atomic E-state index is 12.3. The number of ether oxygens (including phenoxy) is 2. The highest BCUT2D eigenvalue weighted by Gasteiger charge is 2.30. The normalized spacial score (nSPS) is 14.0. The lowest BCUT2D eigenvalue weighted by Gasteiger charge is -2.39. The summed E-state index contributed by atoms with van der Waals surface area (Å²) >= 11 is 0. The van der Waals surface area contributed by atoms with Crippen LogP contribution in [-0.4, -0.2) is 54.1 Å². The first-order valence-electron chi connectivity index (χ1n) is 7.72. The van der Waals surface area contributed by atoms with Gasteiger partial charge in [-0.05, 0) is 23.8 Å². The van der Waals surface area contributed by atoms with Gasteiger partial charge in [0.25, 0.3) is 0 Å². The predicted octanol–water partition coefficient (Wildman–Crippen LogP) is 1.36. The molecule has 1 N–H and O–H groups in total. The molecular weight excluding hydrogens is 308 g/mol. The Hall–Kier alpha value is -2.83. The van der Waals surface area contributed by atoms with Crippen LogP contribution in [0.15, 0.2) is 36.7 Å². The molecule has 1 aliphatic rings. The van der Waals surface area contributed by atoms with Gasteiger partial charge in [-0.2, -0.15) is 0 Å². The minimum atomic E-state index is 0.0919. The van der Waals surface area contributed by atoms with Crippen LogP contribution < -0.4 is 14.8 Å². The van der Waals surface area contributed by atoms with Gasteiger partial charge in [0.05, 0.1) is 26.7 Å². The fraction of sp³-hybridized carbons (Fsp3) is 0.353. The van der Waals surface area contributed by atoms with E-state index in [-0.39, 0.29) is 11.9 Å². The second-order valence-electron chi connectivity index (χ2n) is 5.58. The van der Waals surface area contributed by atoms with Crippen molar-refractivity contribution in [3.63, 3.8) is 0 Å². The van der Waals surface area contributed by atoms with E-state index in [1.807, 2.05) is 23.1 Å². The van der Waals surface area contributed by atoms with Crippen LogP contribution >= 0.6 is 0 Å². The number of nitrogens with zero attached hydrogens (tertiary/aromatic N) is 3. The van der Waals surface area contributed by atoms with Crippen molar-refractivity contribution >= 4 is 11.9 Å². The lowest BCUT2D eigenvalue weighted by atomic mass is 10.1. The summed E-state index contributed by atoms with van der Waals surface area (Å²) in [5.41, 5.74) is 0.903. The van der Waals surface area contributed by atoms with Crippen LogP contribution in [0.3, 0.4) is 0 Å². The molecule has 0 saturated carbocycles. The third-order valence-corrected chi connectivity index (χ3v) is 3.94.